The molecule has 158 valence electrons. The first kappa shape index (κ1) is 18.5. The zero-order valence-corrected chi connectivity index (χ0v) is 17.4. The first-order chi connectivity index (χ1) is 15.6. The zero-order chi connectivity index (χ0) is 21.7. The Balaban J connectivity index is 1.39. The Bertz CT molecular complexity index is 1440. The molecule has 5 heterocycles. The van der Waals surface area contributed by atoms with Crippen molar-refractivity contribution in [2.45, 2.75) is 30.7 Å². The molecule has 0 saturated heterocycles. The third-order valence-corrected chi connectivity index (χ3v) is 6.36. The summed E-state index contributed by atoms with van der Waals surface area (Å²) in [4.78, 5) is 4.92. The summed E-state index contributed by atoms with van der Waals surface area (Å²) >= 11 is 0. The van der Waals surface area contributed by atoms with Crippen LogP contribution in [0.1, 0.15) is 30.9 Å². The second-order valence-electron chi connectivity index (χ2n) is 8.39. The largest absolute Gasteiger partial charge is 0.282 e. The monoisotopic (exact) mass is 424 g/mol. The number of hydrogen-bond donors (Lipinski definition) is 1. The molecule has 1 fully saturated rings. The van der Waals surface area contributed by atoms with Crippen molar-refractivity contribution in [2.24, 2.45) is 7.05 Å². The molecule has 5 aromatic rings. The Morgan fingerprint density at radius 1 is 1.09 bits per heavy atom. The van der Waals surface area contributed by atoms with Crippen molar-refractivity contribution < 1.29 is 0 Å². The van der Waals surface area contributed by atoms with Gasteiger partial charge in [-0.05, 0) is 25.0 Å². The summed E-state index contributed by atoms with van der Waals surface area (Å²) in [6.45, 7) is 0. The first-order valence-corrected chi connectivity index (χ1v) is 10.4. The lowest BCUT2D eigenvalue weighted by atomic mass is 9.65. The van der Waals surface area contributed by atoms with E-state index in [1.54, 1.807) is 23.3 Å². The maximum atomic E-state index is 9.50. The highest BCUT2D eigenvalue weighted by Gasteiger charge is 2.47. The Hall–Kier alpha value is -4.26. The van der Waals surface area contributed by atoms with Crippen LogP contribution in [0.3, 0.4) is 0 Å². The van der Waals surface area contributed by atoms with E-state index in [-0.39, 0.29) is 5.54 Å². The van der Waals surface area contributed by atoms with Crippen LogP contribution in [0.5, 0.6) is 0 Å². The molecule has 0 amide bonds. The van der Waals surface area contributed by atoms with Crippen LogP contribution in [0, 0.1) is 11.3 Å². The van der Waals surface area contributed by atoms with Crippen molar-refractivity contribution in [1.29, 1.82) is 5.26 Å². The van der Waals surface area contributed by atoms with Crippen LogP contribution in [-0.4, -0.2) is 44.4 Å². The Labute approximate surface area is 183 Å². The lowest BCUT2D eigenvalue weighted by molar-refractivity contribution is 0.0982. The SMILES string of the molecule is Cn1cc(-c2cn3nccc3c(-c3cnn([C@]4(CC#N)C[C@H](c5ccn[nH]5)C4)c3)n2)cn1. The topological polar surface area (TPSA) is 118 Å². The van der Waals surface area contributed by atoms with E-state index in [9.17, 15) is 5.26 Å². The minimum absolute atomic E-state index is 0.319. The van der Waals surface area contributed by atoms with Crippen molar-refractivity contribution >= 4 is 5.52 Å². The lowest BCUT2D eigenvalue weighted by Crippen LogP contribution is -2.45. The smallest absolute Gasteiger partial charge is 0.0999 e. The quantitative estimate of drug-likeness (QED) is 0.463. The molecule has 0 unspecified atom stereocenters. The van der Waals surface area contributed by atoms with Gasteiger partial charge >= 0.3 is 0 Å². The molecule has 6 rings (SSSR count). The molecule has 1 N–H and O–H groups in total. The Morgan fingerprint density at radius 2 is 1.97 bits per heavy atom. The van der Waals surface area contributed by atoms with Gasteiger partial charge in [0.2, 0.25) is 0 Å². The number of fused-ring (bicyclic) bond motifs is 1. The van der Waals surface area contributed by atoms with Crippen LogP contribution in [0.2, 0.25) is 0 Å². The molecule has 1 aliphatic carbocycles. The highest BCUT2D eigenvalue weighted by Crippen LogP contribution is 2.51. The zero-order valence-electron chi connectivity index (χ0n) is 17.4. The van der Waals surface area contributed by atoms with Crippen molar-refractivity contribution in [2.75, 3.05) is 0 Å². The summed E-state index contributed by atoms with van der Waals surface area (Å²) in [5.41, 5.74) is 5.08. The molecule has 1 saturated carbocycles. The average molecular weight is 424 g/mol. The van der Waals surface area contributed by atoms with Crippen LogP contribution in [0.15, 0.2) is 55.5 Å². The van der Waals surface area contributed by atoms with Gasteiger partial charge in [0, 0.05) is 48.4 Å². The van der Waals surface area contributed by atoms with Crippen molar-refractivity contribution in [3.05, 3.63) is 61.2 Å². The summed E-state index contributed by atoms with van der Waals surface area (Å²) in [5.74, 6) is 0.354. The predicted molar refractivity (Wildman–Crippen MR) is 115 cm³/mol. The minimum atomic E-state index is -0.319. The second kappa shape index (κ2) is 6.88. The molecule has 10 nitrogen and oxygen atoms in total. The molecule has 0 radical (unpaired) electrons. The summed E-state index contributed by atoms with van der Waals surface area (Å²) in [6.07, 6.45) is 15.1. The van der Waals surface area contributed by atoms with E-state index in [4.69, 9.17) is 4.98 Å². The Morgan fingerprint density at radius 3 is 2.72 bits per heavy atom. The van der Waals surface area contributed by atoms with Crippen molar-refractivity contribution in [1.82, 2.24) is 44.4 Å². The number of aryl methyl sites for hydroxylation is 1. The highest BCUT2D eigenvalue weighted by atomic mass is 15.3. The van der Waals surface area contributed by atoms with Gasteiger partial charge in [-0.25, -0.2) is 9.50 Å². The van der Waals surface area contributed by atoms with Crippen LogP contribution in [0.4, 0.5) is 0 Å². The summed E-state index contributed by atoms with van der Waals surface area (Å²) in [6, 6.07) is 6.30. The molecule has 0 atom stereocenters. The van der Waals surface area contributed by atoms with E-state index in [1.165, 1.54) is 0 Å². The standard InChI is InChI=1S/C22H20N10/c1-30-12-16(10-26-30)19-14-31-20(3-7-25-31)21(28-19)17-11-27-32(13-17)22(4-5-23)8-15(9-22)18-2-6-24-29-18/h2-3,6-7,10-15H,4,8-9H2,1H3,(H,24,29)/t15-,22+. The van der Waals surface area contributed by atoms with E-state index in [2.05, 4.69) is 31.6 Å². The van der Waals surface area contributed by atoms with Gasteiger partial charge in [0.15, 0.2) is 0 Å². The maximum absolute atomic E-state index is 9.50. The number of aromatic nitrogens is 9. The van der Waals surface area contributed by atoms with Gasteiger partial charge in [0.25, 0.3) is 0 Å². The number of hydrogen-bond acceptors (Lipinski definition) is 6. The van der Waals surface area contributed by atoms with Gasteiger partial charge in [-0.15, -0.1) is 0 Å². The predicted octanol–water partition coefficient (Wildman–Crippen LogP) is 2.90. The number of nitrogens with zero attached hydrogens (tertiary/aromatic N) is 9. The fraction of sp³-hybridized carbons (Fsp3) is 0.273. The van der Waals surface area contributed by atoms with E-state index >= 15 is 0 Å². The van der Waals surface area contributed by atoms with E-state index in [0.717, 1.165) is 46.6 Å². The summed E-state index contributed by atoms with van der Waals surface area (Å²) in [7, 11) is 1.88. The number of aromatic amines is 1. The van der Waals surface area contributed by atoms with Crippen molar-refractivity contribution in [3.8, 4) is 28.6 Å². The highest BCUT2D eigenvalue weighted by molar-refractivity contribution is 5.78. The van der Waals surface area contributed by atoms with Gasteiger partial charge in [-0.2, -0.15) is 25.7 Å². The van der Waals surface area contributed by atoms with E-state index in [0.29, 0.717) is 12.3 Å². The first-order valence-electron chi connectivity index (χ1n) is 10.4. The third kappa shape index (κ3) is 2.82. The average Bonchev–Trinajstić information content (AvgIpc) is 3.56. The molecular formula is C22H20N10. The van der Waals surface area contributed by atoms with Gasteiger partial charge in [-0.3, -0.25) is 14.5 Å². The fourth-order valence-corrected chi connectivity index (χ4v) is 4.67. The molecule has 10 heteroatoms. The molecule has 0 bridgehead atoms. The third-order valence-electron chi connectivity index (χ3n) is 6.36. The molecule has 0 aromatic carbocycles. The maximum Gasteiger partial charge on any atom is 0.0999 e. The molecule has 32 heavy (non-hydrogen) atoms. The number of nitrogens with one attached hydrogen (secondary N) is 1. The summed E-state index contributed by atoms with van der Waals surface area (Å²) < 4.78 is 5.52. The van der Waals surface area contributed by atoms with E-state index in [1.807, 2.05) is 53.2 Å². The van der Waals surface area contributed by atoms with Gasteiger partial charge in [0.05, 0.1) is 59.7 Å². The van der Waals surface area contributed by atoms with Crippen LogP contribution in [-0.2, 0) is 12.6 Å². The summed E-state index contributed by atoms with van der Waals surface area (Å²) in [5, 5.41) is 30.0. The van der Waals surface area contributed by atoms with Crippen molar-refractivity contribution in [3.63, 3.8) is 0 Å². The molecular weight excluding hydrogens is 404 g/mol. The molecule has 1 aliphatic rings. The minimum Gasteiger partial charge on any atom is -0.282 e. The van der Waals surface area contributed by atoms with Crippen LogP contribution in [0.25, 0.3) is 28.0 Å². The van der Waals surface area contributed by atoms with E-state index < -0.39 is 0 Å². The molecule has 0 spiro atoms. The number of H-pyrrole nitrogens is 1. The van der Waals surface area contributed by atoms with Crippen LogP contribution < -0.4 is 0 Å². The van der Waals surface area contributed by atoms with Crippen LogP contribution >= 0.6 is 0 Å². The Kier molecular flexibility index (Phi) is 3.98. The lowest BCUT2D eigenvalue weighted by Gasteiger charge is -2.46. The normalized spacial score (nSPS) is 20.3. The second-order valence-corrected chi connectivity index (χ2v) is 8.39. The fourth-order valence-electron chi connectivity index (χ4n) is 4.67. The molecule has 5 aromatic heterocycles. The van der Waals surface area contributed by atoms with Gasteiger partial charge in [0.1, 0.15) is 0 Å². The number of nitriles is 1. The molecule has 0 aliphatic heterocycles. The number of rotatable bonds is 5. The van der Waals surface area contributed by atoms with Gasteiger partial charge < -0.3 is 0 Å². The van der Waals surface area contributed by atoms with Gasteiger partial charge in [-0.1, -0.05) is 0 Å².